The van der Waals surface area contributed by atoms with Gasteiger partial charge in [-0.2, -0.15) is 0 Å². The van der Waals surface area contributed by atoms with Crippen LogP contribution in [0.25, 0.3) is 0 Å². The van der Waals surface area contributed by atoms with E-state index < -0.39 is 11.6 Å². The Bertz CT molecular complexity index is 649. The molecule has 1 atom stereocenters. The topological polar surface area (TPSA) is 68.0 Å². The van der Waals surface area contributed by atoms with Crippen molar-refractivity contribution in [2.24, 2.45) is 5.73 Å². The Morgan fingerprint density at radius 1 is 1.45 bits per heavy atom. The highest BCUT2D eigenvalue weighted by Crippen LogP contribution is 2.22. The fourth-order valence-corrected chi connectivity index (χ4v) is 2.61. The zero-order chi connectivity index (χ0) is 15.4. The van der Waals surface area contributed by atoms with Gasteiger partial charge in [0.1, 0.15) is 11.6 Å². The molecule has 1 aromatic carbocycles. The summed E-state index contributed by atoms with van der Waals surface area (Å²) in [6.07, 6.45) is 2.07. The van der Waals surface area contributed by atoms with Crippen molar-refractivity contribution in [3.05, 3.63) is 46.5 Å². The number of anilines is 1. The Hall–Kier alpha value is -1.57. The van der Waals surface area contributed by atoms with Crippen LogP contribution < -0.4 is 11.1 Å². The van der Waals surface area contributed by atoms with Crippen LogP contribution in [0.15, 0.2) is 24.4 Å². The second-order valence-corrected chi connectivity index (χ2v) is 5.89. The van der Waals surface area contributed by atoms with Crippen LogP contribution in [-0.4, -0.2) is 16.9 Å². The molecule has 0 bridgehead atoms. The van der Waals surface area contributed by atoms with Crippen LogP contribution in [0.5, 0.6) is 0 Å². The smallest absolute Gasteiger partial charge is 0.227 e. The standard InChI is InChI=1S/C14H15F2N3OS.ClH/c1-8(17)4-13(20)19-14-18-7-11(21-14)5-9-2-3-10(15)6-12(9)16;/h2-3,6-8H,4-5,17H2,1H3,(H,18,19,20);1H. The maximum Gasteiger partial charge on any atom is 0.227 e. The number of thiazole rings is 1. The molecule has 4 nitrogen and oxygen atoms in total. The molecule has 0 aliphatic rings. The zero-order valence-corrected chi connectivity index (χ0v) is 13.4. The molecular formula is C14H16ClF2N3OS. The number of halogens is 3. The summed E-state index contributed by atoms with van der Waals surface area (Å²) in [6, 6.07) is 3.24. The molecule has 0 radical (unpaired) electrons. The van der Waals surface area contributed by atoms with Gasteiger partial charge < -0.3 is 11.1 Å². The third-order valence-electron chi connectivity index (χ3n) is 2.69. The molecule has 22 heavy (non-hydrogen) atoms. The first-order valence-corrected chi connectivity index (χ1v) is 7.19. The normalized spacial score (nSPS) is 11.6. The molecule has 0 saturated heterocycles. The fraction of sp³-hybridized carbons (Fsp3) is 0.286. The monoisotopic (exact) mass is 347 g/mol. The molecule has 1 aromatic heterocycles. The first-order valence-electron chi connectivity index (χ1n) is 6.38. The second-order valence-electron chi connectivity index (χ2n) is 4.77. The third-order valence-corrected chi connectivity index (χ3v) is 3.60. The van der Waals surface area contributed by atoms with E-state index in [9.17, 15) is 13.6 Å². The number of amides is 1. The molecule has 1 heterocycles. The van der Waals surface area contributed by atoms with Gasteiger partial charge in [0.15, 0.2) is 5.13 Å². The van der Waals surface area contributed by atoms with Gasteiger partial charge in [-0.15, -0.1) is 23.7 Å². The summed E-state index contributed by atoms with van der Waals surface area (Å²) in [6.45, 7) is 1.74. The quantitative estimate of drug-likeness (QED) is 0.873. The van der Waals surface area contributed by atoms with Gasteiger partial charge in [-0.3, -0.25) is 4.79 Å². The van der Waals surface area contributed by atoms with Crippen LogP contribution in [0, 0.1) is 11.6 Å². The highest BCUT2D eigenvalue weighted by atomic mass is 35.5. The van der Waals surface area contributed by atoms with E-state index in [1.165, 1.54) is 23.5 Å². The summed E-state index contributed by atoms with van der Waals surface area (Å²) in [4.78, 5) is 16.4. The van der Waals surface area contributed by atoms with Gasteiger partial charge >= 0.3 is 0 Å². The lowest BCUT2D eigenvalue weighted by Crippen LogP contribution is -2.23. The minimum Gasteiger partial charge on any atom is -0.327 e. The SMILES string of the molecule is CC(N)CC(=O)Nc1ncc(Cc2ccc(F)cc2F)s1.Cl. The minimum atomic E-state index is -0.607. The van der Waals surface area contributed by atoms with Crippen molar-refractivity contribution in [2.45, 2.75) is 25.8 Å². The van der Waals surface area contributed by atoms with Crippen LogP contribution >= 0.6 is 23.7 Å². The number of carbonyl (C=O) groups excluding carboxylic acids is 1. The molecule has 1 unspecified atom stereocenters. The molecular weight excluding hydrogens is 332 g/mol. The van der Waals surface area contributed by atoms with Gasteiger partial charge in [0.25, 0.3) is 0 Å². The Labute approximate surface area is 137 Å². The Morgan fingerprint density at radius 2 is 2.18 bits per heavy atom. The molecule has 3 N–H and O–H groups in total. The number of nitrogens with two attached hydrogens (primary N) is 1. The zero-order valence-electron chi connectivity index (χ0n) is 11.8. The number of carbonyl (C=O) groups is 1. The maximum atomic E-state index is 13.6. The molecule has 2 rings (SSSR count). The Kier molecular flexibility index (Phi) is 6.86. The average Bonchev–Trinajstić information content (AvgIpc) is 2.79. The Balaban J connectivity index is 0.00000242. The molecule has 0 saturated carbocycles. The highest BCUT2D eigenvalue weighted by molar-refractivity contribution is 7.15. The number of nitrogens with one attached hydrogen (secondary N) is 1. The maximum absolute atomic E-state index is 13.6. The predicted octanol–water partition coefficient (Wildman–Crippen LogP) is 3.11. The van der Waals surface area contributed by atoms with Crippen molar-refractivity contribution >= 4 is 34.8 Å². The largest absolute Gasteiger partial charge is 0.327 e. The first-order chi connectivity index (χ1) is 9.94. The van der Waals surface area contributed by atoms with Gasteiger partial charge in [-0.05, 0) is 18.6 Å². The summed E-state index contributed by atoms with van der Waals surface area (Å²) < 4.78 is 26.4. The van der Waals surface area contributed by atoms with Gasteiger partial charge in [-0.25, -0.2) is 13.8 Å². The molecule has 8 heteroatoms. The van der Waals surface area contributed by atoms with Crippen LogP contribution in [0.2, 0.25) is 0 Å². The van der Waals surface area contributed by atoms with Crippen LogP contribution in [0.4, 0.5) is 13.9 Å². The van der Waals surface area contributed by atoms with Crippen LogP contribution in [0.1, 0.15) is 23.8 Å². The molecule has 0 aliphatic carbocycles. The molecule has 0 fully saturated rings. The number of aromatic nitrogens is 1. The van der Waals surface area contributed by atoms with Gasteiger partial charge in [0.05, 0.1) is 0 Å². The van der Waals surface area contributed by atoms with Gasteiger partial charge in [0.2, 0.25) is 5.91 Å². The number of hydrogen-bond donors (Lipinski definition) is 2. The van der Waals surface area contributed by atoms with E-state index in [1.807, 2.05) is 0 Å². The van der Waals surface area contributed by atoms with Crippen molar-refractivity contribution in [2.75, 3.05) is 5.32 Å². The number of rotatable bonds is 5. The lowest BCUT2D eigenvalue weighted by Gasteiger charge is -2.03. The average molecular weight is 348 g/mol. The van der Waals surface area contributed by atoms with Crippen LogP contribution in [-0.2, 0) is 11.2 Å². The summed E-state index contributed by atoms with van der Waals surface area (Å²) in [5, 5.41) is 3.08. The van der Waals surface area contributed by atoms with Gasteiger partial charge in [0, 0.05) is 36.0 Å². The summed E-state index contributed by atoms with van der Waals surface area (Å²) in [7, 11) is 0. The van der Waals surface area contributed by atoms with E-state index in [-0.39, 0.29) is 30.8 Å². The lowest BCUT2D eigenvalue weighted by molar-refractivity contribution is -0.116. The van der Waals surface area contributed by atoms with E-state index in [0.29, 0.717) is 17.1 Å². The van der Waals surface area contributed by atoms with Crippen molar-refractivity contribution in [3.63, 3.8) is 0 Å². The first kappa shape index (κ1) is 18.5. The number of nitrogens with zero attached hydrogens (tertiary/aromatic N) is 1. The summed E-state index contributed by atoms with van der Waals surface area (Å²) >= 11 is 1.25. The van der Waals surface area contributed by atoms with E-state index in [0.717, 1.165) is 10.9 Å². The van der Waals surface area contributed by atoms with Crippen LogP contribution in [0.3, 0.4) is 0 Å². The Morgan fingerprint density at radius 3 is 2.82 bits per heavy atom. The summed E-state index contributed by atoms with van der Waals surface area (Å²) in [5.74, 6) is -1.41. The van der Waals surface area contributed by atoms with E-state index in [2.05, 4.69) is 10.3 Å². The van der Waals surface area contributed by atoms with E-state index in [4.69, 9.17) is 5.73 Å². The number of hydrogen-bond acceptors (Lipinski definition) is 4. The summed E-state index contributed by atoms with van der Waals surface area (Å²) in [5.41, 5.74) is 5.92. The second kappa shape index (κ2) is 8.17. The highest BCUT2D eigenvalue weighted by Gasteiger charge is 2.10. The van der Waals surface area contributed by atoms with Crippen molar-refractivity contribution in [1.29, 1.82) is 0 Å². The number of benzene rings is 1. The lowest BCUT2D eigenvalue weighted by atomic mass is 10.1. The van der Waals surface area contributed by atoms with Crippen molar-refractivity contribution in [1.82, 2.24) is 4.98 Å². The molecule has 120 valence electrons. The fourth-order valence-electron chi connectivity index (χ4n) is 1.76. The van der Waals surface area contributed by atoms with Gasteiger partial charge in [-0.1, -0.05) is 6.07 Å². The molecule has 0 spiro atoms. The molecule has 2 aromatic rings. The molecule has 1 amide bonds. The molecule has 0 aliphatic heterocycles. The third kappa shape index (κ3) is 5.32. The minimum absolute atomic E-state index is 0. The van der Waals surface area contributed by atoms with E-state index in [1.54, 1.807) is 13.1 Å². The predicted molar refractivity (Wildman–Crippen MR) is 85.4 cm³/mol. The van der Waals surface area contributed by atoms with Crippen molar-refractivity contribution < 1.29 is 13.6 Å². The van der Waals surface area contributed by atoms with E-state index >= 15 is 0 Å². The van der Waals surface area contributed by atoms with Crippen molar-refractivity contribution in [3.8, 4) is 0 Å².